The number of nitrogens with zero attached hydrogens (tertiary/aromatic N) is 1. The fourth-order valence-corrected chi connectivity index (χ4v) is 2.73. The summed E-state index contributed by atoms with van der Waals surface area (Å²) in [6, 6.07) is 6.37. The van der Waals surface area contributed by atoms with Crippen molar-refractivity contribution in [3.8, 4) is 5.75 Å². The first-order valence-corrected chi connectivity index (χ1v) is 7.67. The molecule has 128 valence electrons. The number of ether oxygens (including phenoxy) is 1. The molecule has 0 amide bonds. The fourth-order valence-electron chi connectivity index (χ4n) is 2.73. The first-order valence-electron chi connectivity index (χ1n) is 7.67. The number of halogens is 2. The van der Waals surface area contributed by atoms with E-state index >= 15 is 0 Å². The Morgan fingerprint density at radius 2 is 2.00 bits per heavy atom. The molecule has 1 N–H and O–H groups in total. The van der Waals surface area contributed by atoms with E-state index in [9.17, 15) is 13.6 Å². The Hall–Kier alpha value is -2.41. The first kappa shape index (κ1) is 16.4. The van der Waals surface area contributed by atoms with E-state index in [2.05, 4.69) is 4.90 Å². The van der Waals surface area contributed by atoms with Crippen LogP contribution < -0.4 is 4.74 Å². The minimum atomic E-state index is -1.09. The van der Waals surface area contributed by atoms with Gasteiger partial charge in [0, 0.05) is 19.2 Å². The van der Waals surface area contributed by atoms with Gasteiger partial charge in [-0.05, 0) is 37.1 Å². The second-order valence-electron chi connectivity index (χ2n) is 5.74. The van der Waals surface area contributed by atoms with Gasteiger partial charge < -0.3 is 14.3 Å². The highest BCUT2D eigenvalue weighted by molar-refractivity contribution is 5.84. The van der Waals surface area contributed by atoms with Crippen LogP contribution in [0.4, 0.5) is 8.78 Å². The van der Waals surface area contributed by atoms with Gasteiger partial charge in [0.05, 0.1) is 6.54 Å². The molecule has 3 rings (SSSR count). The molecule has 2 heterocycles. The predicted molar refractivity (Wildman–Crippen MR) is 81.0 cm³/mol. The van der Waals surface area contributed by atoms with Crippen molar-refractivity contribution < 1.29 is 27.8 Å². The smallest absolute Gasteiger partial charge is 0.371 e. The van der Waals surface area contributed by atoms with Crippen molar-refractivity contribution in [3.05, 3.63) is 53.5 Å². The number of furan rings is 1. The number of aromatic carboxylic acids is 1. The van der Waals surface area contributed by atoms with Gasteiger partial charge in [0.25, 0.3) is 0 Å². The molecule has 2 aromatic rings. The minimum absolute atomic E-state index is 0.0620. The molecule has 7 heteroatoms. The summed E-state index contributed by atoms with van der Waals surface area (Å²) in [7, 11) is 0. The Balaban J connectivity index is 1.51. The van der Waals surface area contributed by atoms with Gasteiger partial charge >= 0.3 is 5.97 Å². The van der Waals surface area contributed by atoms with Gasteiger partial charge in [0.2, 0.25) is 5.76 Å². The molecule has 0 saturated carbocycles. The highest BCUT2D eigenvalue weighted by atomic mass is 19.1. The largest absolute Gasteiger partial charge is 0.487 e. The number of likely N-dealkylation sites (tertiary alicyclic amines) is 1. The molecule has 0 atom stereocenters. The van der Waals surface area contributed by atoms with Crippen LogP contribution in [0.15, 0.2) is 34.7 Å². The lowest BCUT2D eigenvalue weighted by molar-refractivity contribution is 0.0653. The van der Waals surface area contributed by atoms with Crippen molar-refractivity contribution >= 4 is 5.97 Å². The van der Waals surface area contributed by atoms with Gasteiger partial charge in [-0.25, -0.2) is 13.6 Å². The molecule has 1 aliphatic heterocycles. The molecule has 0 aliphatic carbocycles. The van der Waals surface area contributed by atoms with Crippen LogP contribution in [0.3, 0.4) is 0 Å². The third-order valence-electron chi connectivity index (χ3n) is 3.97. The predicted octanol–water partition coefficient (Wildman–Crippen LogP) is 3.30. The normalized spacial score (nSPS) is 16.2. The Morgan fingerprint density at radius 3 is 2.62 bits per heavy atom. The van der Waals surface area contributed by atoms with Crippen LogP contribution in [0.25, 0.3) is 0 Å². The molecule has 0 radical (unpaired) electrons. The van der Waals surface area contributed by atoms with Crippen LogP contribution in [0.2, 0.25) is 0 Å². The quantitative estimate of drug-likeness (QED) is 0.907. The van der Waals surface area contributed by atoms with Crippen LogP contribution in [0.1, 0.15) is 29.2 Å². The van der Waals surface area contributed by atoms with E-state index in [-0.39, 0.29) is 17.6 Å². The molecule has 5 nitrogen and oxygen atoms in total. The Labute approximate surface area is 137 Å². The maximum atomic E-state index is 13.6. The standard InChI is InChI=1S/C17H17F2NO4/c18-11-1-3-15(14(19)9-11)23-12-5-7-20(8-6-12)10-13-2-4-16(24-13)17(21)22/h1-4,9,12H,5-8,10H2,(H,21,22). The minimum Gasteiger partial charge on any atom is -0.487 e. The monoisotopic (exact) mass is 337 g/mol. The number of hydrogen-bond acceptors (Lipinski definition) is 4. The number of rotatable bonds is 5. The summed E-state index contributed by atoms with van der Waals surface area (Å²) in [6.45, 7) is 1.96. The van der Waals surface area contributed by atoms with Crippen molar-refractivity contribution in [3.63, 3.8) is 0 Å². The summed E-state index contributed by atoms with van der Waals surface area (Å²) in [6.07, 6.45) is 1.26. The zero-order valence-corrected chi connectivity index (χ0v) is 12.9. The zero-order chi connectivity index (χ0) is 17.1. The van der Waals surface area contributed by atoms with Gasteiger partial charge in [0.15, 0.2) is 11.6 Å². The van der Waals surface area contributed by atoms with Gasteiger partial charge in [-0.2, -0.15) is 0 Å². The average Bonchev–Trinajstić information content (AvgIpc) is 3.01. The summed E-state index contributed by atoms with van der Waals surface area (Å²) < 4.78 is 37.3. The van der Waals surface area contributed by atoms with Crippen LogP contribution in [-0.4, -0.2) is 35.2 Å². The molecule has 0 unspecified atom stereocenters. The number of piperidine rings is 1. The molecule has 1 saturated heterocycles. The van der Waals surface area contributed by atoms with Gasteiger partial charge in [-0.15, -0.1) is 0 Å². The number of carboxylic acid groups (broad SMARTS) is 1. The van der Waals surface area contributed by atoms with E-state index in [4.69, 9.17) is 14.3 Å². The zero-order valence-electron chi connectivity index (χ0n) is 12.9. The SMILES string of the molecule is O=C(O)c1ccc(CN2CCC(Oc3ccc(F)cc3F)CC2)o1. The van der Waals surface area contributed by atoms with E-state index in [1.54, 1.807) is 6.07 Å². The number of benzene rings is 1. The molecule has 1 aliphatic rings. The van der Waals surface area contributed by atoms with Crippen molar-refractivity contribution in [2.24, 2.45) is 0 Å². The van der Waals surface area contributed by atoms with Crippen LogP contribution in [0, 0.1) is 11.6 Å². The van der Waals surface area contributed by atoms with Crippen molar-refractivity contribution in [2.45, 2.75) is 25.5 Å². The lowest BCUT2D eigenvalue weighted by Crippen LogP contribution is -2.37. The van der Waals surface area contributed by atoms with Crippen LogP contribution in [-0.2, 0) is 6.54 Å². The summed E-state index contributed by atoms with van der Waals surface area (Å²) >= 11 is 0. The van der Waals surface area contributed by atoms with Crippen molar-refractivity contribution in [2.75, 3.05) is 13.1 Å². The van der Waals surface area contributed by atoms with Gasteiger partial charge in [-0.1, -0.05) is 0 Å². The molecule has 1 fully saturated rings. The topological polar surface area (TPSA) is 62.9 Å². The number of carboxylic acids is 1. The van der Waals surface area contributed by atoms with Crippen molar-refractivity contribution in [1.82, 2.24) is 4.90 Å². The maximum absolute atomic E-state index is 13.6. The Morgan fingerprint density at radius 1 is 1.25 bits per heavy atom. The fraction of sp³-hybridized carbons (Fsp3) is 0.353. The number of hydrogen-bond donors (Lipinski definition) is 1. The first-order chi connectivity index (χ1) is 11.5. The third kappa shape index (κ3) is 3.91. The van der Waals surface area contributed by atoms with E-state index in [0.717, 1.165) is 19.2 Å². The van der Waals surface area contributed by atoms with Crippen molar-refractivity contribution in [1.29, 1.82) is 0 Å². The van der Waals surface area contributed by atoms with Crippen LogP contribution in [0.5, 0.6) is 5.75 Å². The highest BCUT2D eigenvalue weighted by Gasteiger charge is 2.22. The lowest BCUT2D eigenvalue weighted by Gasteiger charge is -2.31. The Kier molecular flexibility index (Phi) is 4.80. The summed E-state index contributed by atoms with van der Waals surface area (Å²) in [5.74, 6) is -1.84. The van der Waals surface area contributed by atoms with Gasteiger partial charge in [-0.3, -0.25) is 4.90 Å². The molecule has 0 spiro atoms. The van der Waals surface area contributed by atoms with E-state index in [0.29, 0.717) is 25.1 Å². The van der Waals surface area contributed by atoms with E-state index < -0.39 is 17.6 Å². The lowest BCUT2D eigenvalue weighted by atomic mass is 10.1. The van der Waals surface area contributed by atoms with E-state index in [1.807, 2.05) is 0 Å². The molecular formula is C17H17F2NO4. The Bertz CT molecular complexity index is 723. The van der Waals surface area contributed by atoms with E-state index in [1.165, 1.54) is 18.2 Å². The average molecular weight is 337 g/mol. The molecular weight excluding hydrogens is 320 g/mol. The molecule has 1 aromatic carbocycles. The second kappa shape index (κ2) is 7.00. The maximum Gasteiger partial charge on any atom is 0.371 e. The molecule has 24 heavy (non-hydrogen) atoms. The third-order valence-corrected chi connectivity index (χ3v) is 3.97. The summed E-state index contributed by atoms with van der Waals surface area (Å²) in [4.78, 5) is 12.9. The molecule has 0 bridgehead atoms. The van der Waals surface area contributed by atoms with Gasteiger partial charge in [0.1, 0.15) is 17.7 Å². The second-order valence-corrected chi connectivity index (χ2v) is 5.74. The highest BCUT2D eigenvalue weighted by Crippen LogP contribution is 2.23. The summed E-state index contributed by atoms with van der Waals surface area (Å²) in [5, 5.41) is 8.84. The molecule has 1 aromatic heterocycles. The number of carbonyl (C=O) groups is 1. The van der Waals surface area contributed by atoms with Crippen LogP contribution >= 0.6 is 0 Å². The summed E-state index contributed by atoms with van der Waals surface area (Å²) in [5.41, 5.74) is 0.